The molecule has 26 heavy (non-hydrogen) atoms. The van der Waals surface area contributed by atoms with E-state index in [1.165, 1.54) is 11.1 Å². The second-order valence-electron chi connectivity index (χ2n) is 10.6. The van der Waals surface area contributed by atoms with Crippen molar-refractivity contribution in [2.45, 2.75) is 63.8 Å². The summed E-state index contributed by atoms with van der Waals surface area (Å²) in [5.41, 5.74) is 3.21. The molecule has 5 heteroatoms. The maximum Gasteiger partial charge on any atom is -0.147 e. The Morgan fingerprint density at radius 1 is 0.962 bits per heavy atom. The predicted molar refractivity (Wildman–Crippen MR) is 122 cm³/mol. The Morgan fingerprint density at radius 2 is 1.54 bits per heavy atom. The Morgan fingerprint density at radius 3 is 2.04 bits per heavy atom. The van der Waals surface area contributed by atoms with E-state index in [-0.39, 0.29) is 35.6 Å². The molecule has 1 aromatic carbocycles. The molecule has 0 aromatic heterocycles. The predicted octanol–water partition coefficient (Wildman–Crippen LogP) is 6.45. The van der Waals surface area contributed by atoms with Crippen LogP contribution in [0.1, 0.15) is 53.5 Å². The number of hydrogen-bond donors (Lipinski definition) is 0. The van der Waals surface area contributed by atoms with Crippen molar-refractivity contribution in [2.24, 2.45) is 5.41 Å². The summed E-state index contributed by atoms with van der Waals surface area (Å²) in [6.45, 7) is 13.7. The van der Waals surface area contributed by atoms with Gasteiger partial charge in [0.1, 0.15) is 0 Å². The van der Waals surface area contributed by atoms with Crippen molar-refractivity contribution in [3.05, 3.63) is 51.4 Å². The van der Waals surface area contributed by atoms with Crippen LogP contribution in [0.4, 0.5) is 0 Å². The van der Waals surface area contributed by atoms with Crippen LogP contribution in [-0.2, 0) is 20.4 Å². The van der Waals surface area contributed by atoms with E-state index in [1.54, 1.807) is 3.88 Å². The van der Waals surface area contributed by atoms with Gasteiger partial charge in [0.05, 0.1) is 0 Å². The molecule has 0 aliphatic heterocycles. The molecule has 149 valence electrons. The van der Waals surface area contributed by atoms with E-state index >= 15 is 0 Å². The molecule has 0 fully saturated rings. The number of hydrogen-bond acceptors (Lipinski definition) is 1. The van der Waals surface area contributed by atoms with Gasteiger partial charge in [0, 0.05) is 0 Å². The fourth-order valence-corrected chi connectivity index (χ4v) is 11.5. The minimum Gasteiger partial charge on any atom is -0.147 e. The second-order valence-corrected chi connectivity index (χ2v) is 33.1. The van der Waals surface area contributed by atoms with Gasteiger partial charge in [0.2, 0.25) is 0 Å². The van der Waals surface area contributed by atoms with Crippen molar-refractivity contribution in [3.63, 3.8) is 0 Å². The third kappa shape index (κ3) is 6.01. The van der Waals surface area contributed by atoms with Crippen molar-refractivity contribution in [1.29, 1.82) is 0 Å². The van der Waals surface area contributed by atoms with Crippen LogP contribution in [0.2, 0.25) is 10.5 Å². The number of allylic oxidation sites excluding steroid dienone is 4. The fraction of sp³-hybridized carbons (Fsp3) is 0.524. The van der Waals surface area contributed by atoms with Gasteiger partial charge < -0.3 is 0 Å². The van der Waals surface area contributed by atoms with Gasteiger partial charge in [0.15, 0.2) is 0 Å². The summed E-state index contributed by atoms with van der Waals surface area (Å²) in [6, 6.07) is 8.76. The van der Waals surface area contributed by atoms with E-state index in [1.807, 2.05) is 0 Å². The van der Waals surface area contributed by atoms with Crippen molar-refractivity contribution < 1.29 is 18.3 Å². The van der Waals surface area contributed by atoms with E-state index in [0.717, 1.165) is 20.3 Å². The SMILES string of the molecule is CC(C)(C)C1=[C]([Ti]([CH3])([CH3])([SiH3])[O]c2cccc(C(C)(C)C)c2)CC=C1.Cl.Cl. The van der Waals surface area contributed by atoms with Crippen LogP contribution in [-0.4, -0.2) is 8.11 Å². The summed E-state index contributed by atoms with van der Waals surface area (Å²) in [5.74, 6) is 1.06. The minimum absolute atomic E-state index is 0. The molecule has 0 atom stereocenters. The first-order chi connectivity index (χ1) is 10.7. The monoisotopic (exact) mass is 451 g/mol. The zero-order valence-electron chi connectivity index (χ0n) is 17.9. The largest absolute Gasteiger partial charge is 0.147 e. The first kappa shape index (κ1) is 26.0. The van der Waals surface area contributed by atoms with E-state index < -0.39 is 14.9 Å². The zero-order chi connectivity index (χ0) is 18.4. The molecule has 0 unspecified atom stereocenters. The summed E-state index contributed by atoms with van der Waals surface area (Å²) in [5, 5.41) is 4.92. The molecule has 0 amide bonds. The van der Waals surface area contributed by atoms with Crippen LogP contribution in [0.25, 0.3) is 0 Å². The zero-order valence-corrected chi connectivity index (χ0v) is 23.1. The average Bonchev–Trinajstić information content (AvgIpc) is 2.87. The molecule has 0 N–H and O–H groups in total. The first-order valence-electron chi connectivity index (χ1n) is 9.11. The van der Waals surface area contributed by atoms with Gasteiger partial charge in [-0.1, -0.05) is 0 Å². The summed E-state index contributed by atoms with van der Waals surface area (Å²) >= 11 is -3.08. The van der Waals surface area contributed by atoms with Gasteiger partial charge in [-0.2, -0.15) is 0 Å². The Balaban J connectivity index is 0.00000312. The summed E-state index contributed by atoms with van der Waals surface area (Å²) in [4.78, 5) is 0. The van der Waals surface area contributed by atoms with E-state index in [2.05, 4.69) is 88.4 Å². The Labute approximate surface area is 176 Å². The fourth-order valence-electron chi connectivity index (χ4n) is 3.51. The van der Waals surface area contributed by atoms with Crippen molar-refractivity contribution >= 4 is 32.9 Å². The maximum atomic E-state index is 6.89. The summed E-state index contributed by atoms with van der Waals surface area (Å²) in [6.07, 6.45) is 5.76. The van der Waals surface area contributed by atoms with Crippen LogP contribution in [0.5, 0.6) is 5.75 Å². The van der Waals surface area contributed by atoms with Gasteiger partial charge >= 0.3 is 153 Å². The van der Waals surface area contributed by atoms with E-state index in [4.69, 9.17) is 3.32 Å². The first-order valence-corrected chi connectivity index (χ1v) is 19.3. The third-order valence-corrected chi connectivity index (χ3v) is 13.7. The molecule has 0 spiro atoms. The van der Waals surface area contributed by atoms with E-state index in [0.29, 0.717) is 0 Å². The smallest absolute Gasteiger partial charge is 0.147 e. The topological polar surface area (TPSA) is 9.23 Å². The van der Waals surface area contributed by atoms with Crippen molar-refractivity contribution in [3.8, 4) is 5.75 Å². The molecule has 1 nitrogen and oxygen atoms in total. The molecule has 0 bridgehead atoms. The molecule has 0 saturated carbocycles. The molecule has 0 heterocycles. The quantitative estimate of drug-likeness (QED) is 0.479. The Hall–Kier alpha value is 0.0112. The van der Waals surface area contributed by atoms with Crippen LogP contribution in [0, 0.1) is 5.41 Å². The molecule has 0 saturated heterocycles. The van der Waals surface area contributed by atoms with Crippen LogP contribution in [0.15, 0.2) is 45.9 Å². The number of rotatable bonds is 3. The number of halogens is 2. The molecule has 1 aliphatic carbocycles. The normalized spacial score (nSPS) is 16.5. The van der Waals surface area contributed by atoms with Crippen LogP contribution >= 0.6 is 24.8 Å². The van der Waals surface area contributed by atoms with Gasteiger partial charge in [0.25, 0.3) is 0 Å². The Bertz CT molecular complexity index is 701. The molecule has 0 radical (unpaired) electrons. The molecule has 2 rings (SSSR count). The average molecular weight is 452 g/mol. The van der Waals surface area contributed by atoms with Gasteiger partial charge in [-0.05, 0) is 0 Å². The minimum atomic E-state index is -3.08. The van der Waals surface area contributed by atoms with Crippen molar-refractivity contribution in [2.75, 3.05) is 0 Å². The maximum absolute atomic E-state index is 6.89. The van der Waals surface area contributed by atoms with E-state index in [9.17, 15) is 0 Å². The molecular weight excluding hydrogens is 415 g/mol. The van der Waals surface area contributed by atoms with Crippen LogP contribution in [0.3, 0.4) is 0 Å². The standard InChI is InChI=1S/C10H14O.C9H13.2CH3.2ClH.H3Si.Ti/c1-10(2,3)8-5-4-6-9(11)7-8;1-9(2,3)8-6-4-5-7-8;;;;;;/h4-7,11H,1-3H3;4,6H,5H2,1-3H3;2*1H3;2*1H;1H3;/q;;;;;;;+1/p-1. The van der Waals surface area contributed by atoms with Gasteiger partial charge in [-0.3, -0.25) is 0 Å². The summed E-state index contributed by atoms with van der Waals surface area (Å²) in [7, 11) is 1.12. The number of benzene rings is 1. The van der Waals surface area contributed by atoms with Crippen molar-refractivity contribution in [1.82, 2.24) is 0 Å². The third-order valence-electron chi connectivity index (χ3n) is 4.94. The van der Waals surface area contributed by atoms with Crippen LogP contribution < -0.4 is 3.32 Å². The molecule has 1 aromatic rings. The van der Waals surface area contributed by atoms with Gasteiger partial charge in [-0.25, -0.2) is 0 Å². The molecule has 1 aliphatic rings. The Kier molecular flexibility index (Phi) is 8.17. The molecular formula is C21H37Cl2OSiTi. The second kappa shape index (κ2) is 8.17. The summed E-state index contributed by atoms with van der Waals surface area (Å²) < 4.78 is 8.52. The van der Waals surface area contributed by atoms with Gasteiger partial charge in [-0.15, -0.1) is 24.8 Å².